The minimum absolute atomic E-state index is 0.158. The van der Waals surface area contributed by atoms with Crippen molar-refractivity contribution in [2.45, 2.75) is 66.1 Å². The summed E-state index contributed by atoms with van der Waals surface area (Å²) in [5, 5.41) is 3.04. The number of nitrogens with one attached hydrogen (secondary N) is 1. The first-order valence-corrected chi connectivity index (χ1v) is 15.3. The molecule has 0 saturated heterocycles. The van der Waals surface area contributed by atoms with Crippen molar-refractivity contribution in [3.8, 4) is 0 Å². The van der Waals surface area contributed by atoms with E-state index in [-0.39, 0.29) is 18.9 Å². The first-order valence-electron chi connectivity index (χ1n) is 13.4. The third-order valence-corrected chi connectivity index (χ3v) is 8.02. The Kier molecular flexibility index (Phi) is 9.79. The van der Waals surface area contributed by atoms with E-state index in [1.165, 1.54) is 4.90 Å². The molecule has 0 aliphatic heterocycles. The number of benzene rings is 3. The minimum Gasteiger partial charge on any atom is -0.350 e. The Morgan fingerprint density at radius 1 is 0.850 bits per heavy atom. The van der Waals surface area contributed by atoms with Crippen molar-refractivity contribution in [3.63, 3.8) is 0 Å². The van der Waals surface area contributed by atoms with Crippen LogP contribution >= 0.6 is 0 Å². The predicted molar refractivity (Wildman–Crippen MR) is 162 cm³/mol. The molecule has 3 rings (SSSR count). The number of sulfonamides is 1. The van der Waals surface area contributed by atoms with Crippen molar-refractivity contribution in [1.29, 1.82) is 0 Å². The van der Waals surface area contributed by atoms with E-state index in [1.807, 2.05) is 102 Å². The van der Waals surface area contributed by atoms with Gasteiger partial charge in [0.2, 0.25) is 21.8 Å². The molecule has 1 N–H and O–H groups in total. The molecule has 40 heavy (non-hydrogen) atoms. The summed E-state index contributed by atoms with van der Waals surface area (Å²) >= 11 is 0. The third-order valence-electron chi connectivity index (χ3n) is 6.90. The maximum Gasteiger partial charge on any atom is 0.244 e. The second-order valence-corrected chi connectivity index (χ2v) is 13.3. The molecule has 0 spiro atoms. The Hall–Kier alpha value is -3.65. The molecule has 3 aromatic carbocycles. The van der Waals surface area contributed by atoms with Crippen LogP contribution in [-0.2, 0) is 32.6 Å². The molecule has 0 aromatic heterocycles. The minimum atomic E-state index is -3.82. The van der Waals surface area contributed by atoms with Crippen LogP contribution in [-0.4, -0.2) is 49.5 Å². The van der Waals surface area contributed by atoms with E-state index in [2.05, 4.69) is 5.32 Å². The van der Waals surface area contributed by atoms with Crippen LogP contribution in [0.5, 0.6) is 0 Å². The number of hydrogen-bond donors (Lipinski definition) is 1. The highest BCUT2D eigenvalue weighted by atomic mass is 32.2. The highest BCUT2D eigenvalue weighted by Crippen LogP contribution is 2.26. The number of amides is 2. The van der Waals surface area contributed by atoms with Crippen LogP contribution in [0.3, 0.4) is 0 Å². The van der Waals surface area contributed by atoms with E-state index in [1.54, 1.807) is 12.1 Å². The number of rotatable bonds is 10. The Balaban J connectivity index is 2.11. The Bertz CT molecular complexity index is 1450. The fourth-order valence-corrected chi connectivity index (χ4v) is 5.48. The van der Waals surface area contributed by atoms with Crippen LogP contribution < -0.4 is 9.62 Å². The average Bonchev–Trinajstić information content (AvgIpc) is 2.86. The van der Waals surface area contributed by atoms with Gasteiger partial charge in [0.15, 0.2) is 0 Å². The molecule has 2 amide bonds. The van der Waals surface area contributed by atoms with Gasteiger partial charge in [-0.3, -0.25) is 13.9 Å². The van der Waals surface area contributed by atoms with Crippen LogP contribution in [0.2, 0.25) is 0 Å². The molecule has 0 aliphatic rings. The molecule has 0 saturated carbocycles. The number of carbonyl (C=O) groups excluding carboxylic acids is 2. The van der Waals surface area contributed by atoms with E-state index in [9.17, 15) is 18.0 Å². The van der Waals surface area contributed by atoms with Crippen molar-refractivity contribution in [3.05, 3.63) is 101 Å². The highest BCUT2D eigenvalue weighted by Gasteiger charge is 2.34. The summed E-state index contributed by atoms with van der Waals surface area (Å²) in [7, 11) is -3.82. The summed E-state index contributed by atoms with van der Waals surface area (Å²) in [5.74, 6) is -0.754. The topological polar surface area (TPSA) is 86.8 Å². The Labute approximate surface area is 239 Å². The molecule has 0 fully saturated rings. The summed E-state index contributed by atoms with van der Waals surface area (Å²) in [6, 6.07) is 21.8. The highest BCUT2D eigenvalue weighted by molar-refractivity contribution is 7.92. The lowest BCUT2D eigenvalue weighted by atomic mass is 10.00. The van der Waals surface area contributed by atoms with Gasteiger partial charge in [0, 0.05) is 18.5 Å². The maximum absolute atomic E-state index is 14.2. The summed E-state index contributed by atoms with van der Waals surface area (Å²) in [6.45, 7) is 11.1. The van der Waals surface area contributed by atoms with Gasteiger partial charge in [-0.25, -0.2) is 8.42 Å². The number of hydrogen-bond acceptors (Lipinski definition) is 4. The van der Waals surface area contributed by atoms with E-state index < -0.39 is 34.1 Å². The van der Waals surface area contributed by atoms with Crippen molar-refractivity contribution < 1.29 is 18.0 Å². The van der Waals surface area contributed by atoms with Gasteiger partial charge in [0.05, 0.1) is 11.9 Å². The molecule has 3 aromatic rings. The van der Waals surface area contributed by atoms with Gasteiger partial charge in [-0.05, 0) is 75.4 Å². The second-order valence-electron chi connectivity index (χ2n) is 11.4. The fraction of sp³-hybridized carbons (Fsp3) is 0.375. The lowest BCUT2D eigenvalue weighted by Gasteiger charge is -2.35. The number of aryl methyl sites for hydroxylation is 2. The lowest BCUT2D eigenvalue weighted by Crippen LogP contribution is -2.56. The SMILES string of the molecule is Cc1ccccc1CN(C(=O)CN(c1cccc(C)c1C)S(C)(=O)=O)[C@@H](Cc1ccccc1)C(=O)NC(C)(C)C. The largest absolute Gasteiger partial charge is 0.350 e. The Morgan fingerprint density at radius 2 is 1.45 bits per heavy atom. The smallest absolute Gasteiger partial charge is 0.244 e. The van der Waals surface area contributed by atoms with E-state index in [0.717, 1.165) is 38.4 Å². The summed E-state index contributed by atoms with van der Waals surface area (Å²) in [5.41, 5.74) is 4.37. The zero-order valence-electron chi connectivity index (χ0n) is 24.6. The second kappa shape index (κ2) is 12.7. The Morgan fingerprint density at radius 3 is 2.05 bits per heavy atom. The number of nitrogens with zero attached hydrogens (tertiary/aromatic N) is 2. The van der Waals surface area contributed by atoms with Crippen LogP contribution in [0.25, 0.3) is 0 Å². The van der Waals surface area contributed by atoms with Crippen LogP contribution in [0, 0.1) is 20.8 Å². The van der Waals surface area contributed by atoms with Gasteiger partial charge in [-0.2, -0.15) is 0 Å². The molecule has 0 aliphatic carbocycles. The average molecular weight is 564 g/mol. The van der Waals surface area contributed by atoms with Crippen LogP contribution in [0.1, 0.15) is 48.6 Å². The molecule has 0 heterocycles. The van der Waals surface area contributed by atoms with E-state index >= 15 is 0 Å². The van der Waals surface area contributed by atoms with Crippen LogP contribution in [0.15, 0.2) is 72.8 Å². The standard InChI is InChI=1S/C32H41N3O4S/c1-23-15-13-19-28(25(23)3)35(40(7,38)39)22-30(36)34(21-27-18-12-11-14-24(27)2)29(31(37)33-32(4,5)6)20-26-16-9-8-10-17-26/h8-19,29H,20-22H2,1-7H3,(H,33,37)/t29-/m0/s1. The van der Waals surface area contributed by atoms with Crippen LogP contribution in [0.4, 0.5) is 5.69 Å². The van der Waals surface area contributed by atoms with Crippen molar-refractivity contribution >= 4 is 27.5 Å². The molecule has 1 atom stereocenters. The monoisotopic (exact) mass is 563 g/mol. The van der Waals surface area contributed by atoms with E-state index in [0.29, 0.717) is 5.69 Å². The van der Waals surface area contributed by atoms with Gasteiger partial charge in [-0.1, -0.05) is 66.7 Å². The maximum atomic E-state index is 14.2. The summed E-state index contributed by atoms with van der Waals surface area (Å²) in [6.07, 6.45) is 1.38. The first-order chi connectivity index (χ1) is 18.7. The van der Waals surface area contributed by atoms with Crippen molar-refractivity contribution in [2.24, 2.45) is 0 Å². The van der Waals surface area contributed by atoms with Gasteiger partial charge in [0.1, 0.15) is 12.6 Å². The zero-order valence-corrected chi connectivity index (χ0v) is 25.4. The number of anilines is 1. The normalized spacial score (nSPS) is 12.5. The lowest BCUT2D eigenvalue weighted by molar-refractivity contribution is -0.140. The molecule has 0 radical (unpaired) electrons. The van der Waals surface area contributed by atoms with Gasteiger partial charge >= 0.3 is 0 Å². The van der Waals surface area contributed by atoms with Gasteiger partial charge in [0.25, 0.3) is 0 Å². The zero-order chi connectivity index (χ0) is 29.7. The number of carbonyl (C=O) groups is 2. The van der Waals surface area contributed by atoms with E-state index in [4.69, 9.17) is 0 Å². The molecular weight excluding hydrogens is 522 g/mol. The molecule has 0 bridgehead atoms. The predicted octanol–water partition coefficient (Wildman–Crippen LogP) is 4.93. The van der Waals surface area contributed by atoms with Crippen molar-refractivity contribution in [1.82, 2.24) is 10.2 Å². The summed E-state index contributed by atoms with van der Waals surface area (Å²) in [4.78, 5) is 29.6. The van der Waals surface area contributed by atoms with Crippen molar-refractivity contribution in [2.75, 3.05) is 17.1 Å². The third kappa shape index (κ3) is 8.18. The molecule has 214 valence electrons. The quantitative estimate of drug-likeness (QED) is 0.379. The molecule has 0 unspecified atom stereocenters. The molecular formula is C32H41N3O4S. The van der Waals surface area contributed by atoms with Gasteiger partial charge < -0.3 is 10.2 Å². The molecule has 8 heteroatoms. The fourth-order valence-electron chi connectivity index (χ4n) is 4.58. The first kappa shape index (κ1) is 30.9. The van der Waals surface area contributed by atoms with Gasteiger partial charge in [-0.15, -0.1) is 0 Å². The summed E-state index contributed by atoms with van der Waals surface area (Å²) < 4.78 is 27.2. The molecule has 7 nitrogen and oxygen atoms in total.